The van der Waals surface area contributed by atoms with E-state index in [2.05, 4.69) is 16.0 Å². The van der Waals surface area contributed by atoms with Gasteiger partial charge in [0.05, 0.1) is 22.0 Å². The SMILES string of the molecule is N#CC1C(CN2CCN(S(=O)(=O)c3ccc4c(c3)CCC4)CC2)=CC(=O)n2c1nc1ccccc12. The molecule has 0 spiro atoms. The zero-order valence-electron chi connectivity index (χ0n) is 19.2. The fourth-order valence-electron chi connectivity index (χ4n) is 5.46. The molecule has 0 radical (unpaired) electrons. The Balaban J connectivity index is 1.17. The number of nitrogens with zero attached hydrogens (tertiary/aromatic N) is 5. The van der Waals surface area contributed by atoms with Crippen LogP contribution in [-0.2, 0) is 22.9 Å². The summed E-state index contributed by atoms with van der Waals surface area (Å²) >= 11 is 0. The average molecular weight is 488 g/mol. The normalized spacial score (nSPS) is 20.9. The minimum atomic E-state index is -3.55. The van der Waals surface area contributed by atoms with Crippen molar-refractivity contribution in [3.63, 3.8) is 0 Å². The molecule has 1 unspecified atom stereocenters. The first-order chi connectivity index (χ1) is 17.0. The Kier molecular flexibility index (Phi) is 5.33. The third kappa shape index (κ3) is 3.69. The molecule has 1 atom stereocenters. The van der Waals surface area contributed by atoms with Gasteiger partial charge in [0.25, 0.3) is 5.91 Å². The minimum absolute atomic E-state index is 0.201. The highest BCUT2D eigenvalue weighted by Gasteiger charge is 2.34. The summed E-state index contributed by atoms with van der Waals surface area (Å²) in [5.41, 5.74) is 4.50. The lowest BCUT2D eigenvalue weighted by molar-refractivity contribution is 0.0962. The second-order valence-electron chi connectivity index (χ2n) is 9.38. The van der Waals surface area contributed by atoms with Crippen molar-refractivity contribution in [1.82, 2.24) is 18.8 Å². The highest BCUT2D eigenvalue weighted by molar-refractivity contribution is 7.89. The topological polar surface area (TPSA) is 99.3 Å². The van der Waals surface area contributed by atoms with E-state index < -0.39 is 15.9 Å². The van der Waals surface area contributed by atoms with E-state index in [0.717, 1.165) is 24.8 Å². The molecule has 3 heterocycles. The van der Waals surface area contributed by atoms with E-state index in [1.807, 2.05) is 36.4 Å². The number of benzene rings is 2. The Morgan fingerprint density at radius 3 is 2.60 bits per heavy atom. The van der Waals surface area contributed by atoms with Crippen molar-refractivity contribution < 1.29 is 13.2 Å². The number of para-hydroxylation sites is 2. The number of sulfonamides is 1. The van der Waals surface area contributed by atoms with Crippen LogP contribution in [0, 0.1) is 11.3 Å². The maximum absolute atomic E-state index is 13.2. The molecule has 3 aliphatic rings. The van der Waals surface area contributed by atoms with E-state index in [-0.39, 0.29) is 5.91 Å². The third-order valence-corrected chi connectivity index (χ3v) is 9.21. The number of hydrogen-bond acceptors (Lipinski definition) is 6. The van der Waals surface area contributed by atoms with Crippen molar-refractivity contribution >= 4 is 27.0 Å². The van der Waals surface area contributed by atoms with Crippen LogP contribution < -0.4 is 0 Å². The molecule has 0 bridgehead atoms. The molecule has 1 fully saturated rings. The molecule has 35 heavy (non-hydrogen) atoms. The lowest BCUT2D eigenvalue weighted by atomic mass is 9.95. The van der Waals surface area contributed by atoms with Gasteiger partial charge in [-0.3, -0.25) is 14.3 Å². The Hall–Kier alpha value is -3.32. The van der Waals surface area contributed by atoms with Gasteiger partial charge in [-0.05, 0) is 60.2 Å². The van der Waals surface area contributed by atoms with Gasteiger partial charge in [-0.2, -0.15) is 9.57 Å². The van der Waals surface area contributed by atoms with E-state index in [0.29, 0.717) is 60.1 Å². The van der Waals surface area contributed by atoms with Gasteiger partial charge in [0.15, 0.2) is 0 Å². The number of nitriles is 1. The van der Waals surface area contributed by atoms with Gasteiger partial charge in [0.1, 0.15) is 11.7 Å². The van der Waals surface area contributed by atoms with Gasteiger partial charge in [-0.1, -0.05) is 18.2 Å². The van der Waals surface area contributed by atoms with E-state index in [1.165, 1.54) is 10.1 Å². The number of hydrogen-bond donors (Lipinski definition) is 0. The van der Waals surface area contributed by atoms with Crippen molar-refractivity contribution in [3.8, 4) is 6.07 Å². The molecule has 8 nitrogen and oxygen atoms in total. The lowest BCUT2D eigenvalue weighted by Crippen LogP contribution is -2.49. The van der Waals surface area contributed by atoms with Crippen LogP contribution in [0.1, 0.15) is 34.1 Å². The smallest absolute Gasteiger partial charge is 0.256 e. The summed E-state index contributed by atoms with van der Waals surface area (Å²) in [6.45, 7) is 2.24. The molecule has 2 aliphatic heterocycles. The van der Waals surface area contributed by atoms with Crippen molar-refractivity contribution in [3.05, 3.63) is 71.1 Å². The fraction of sp³-hybridized carbons (Fsp3) is 0.346. The summed E-state index contributed by atoms with van der Waals surface area (Å²) in [4.78, 5) is 20.0. The predicted octanol–water partition coefficient (Wildman–Crippen LogP) is 2.72. The summed E-state index contributed by atoms with van der Waals surface area (Å²) in [5.74, 6) is -0.365. The number of aryl methyl sites for hydroxylation is 2. The zero-order chi connectivity index (χ0) is 24.2. The van der Waals surface area contributed by atoms with Gasteiger partial charge >= 0.3 is 0 Å². The molecule has 0 saturated carbocycles. The van der Waals surface area contributed by atoms with E-state index in [9.17, 15) is 18.5 Å². The van der Waals surface area contributed by atoms with Gasteiger partial charge in [-0.15, -0.1) is 0 Å². The van der Waals surface area contributed by atoms with Crippen molar-refractivity contribution in [2.45, 2.75) is 30.1 Å². The van der Waals surface area contributed by atoms with Crippen molar-refractivity contribution in [2.75, 3.05) is 32.7 Å². The molecule has 1 aromatic heterocycles. The second-order valence-corrected chi connectivity index (χ2v) is 11.3. The van der Waals surface area contributed by atoms with Gasteiger partial charge in [0.2, 0.25) is 10.0 Å². The van der Waals surface area contributed by atoms with Crippen molar-refractivity contribution in [1.29, 1.82) is 5.26 Å². The molecule has 0 amide bonds. The third-order valence-electron chi connectivity index (χ3n) is 7.32. The van der Waals surface area contributed by atoms with Crippen LogP contribution in [0.4, 0.5) is 0 Å². The summed E-state index contributed by atoms with van der Waals surface area (Å²) in [7, 11) is -3.55. The molecule has 9 heteroatoms. The number of rotatable bonds is 4. The second kappa shape index (κ2) is 8.41. The van der Waals surface area contributed by atoms with Crippen LogP contribution in [-0.4, -0.2) is 65.8 Å². The summed E-state index contributed by atoms with van der Waals surface area (Å²) in [6, 6.07) is 15.2. The molecular formula is C26H25N5O3S. The number of carbonyl (C=O) groups is 1. The minimum Gasteiger partial charge on any atom is -0.297 e. The Bertz CT molecular complexity index is 1520. The highest BCUT2D eigenvalue weighted by Crippen LogP contribution is 2.32. The maximum Gasteiger partial charge on any atom is 0.256 e. The Labute approximate surface area is 204 Å². The summed E-state index contributed by atoms with van der Waals surface area (Å²) in [5, 5.41) is 9.93. The standard InChI is InChI=1S/C26H25N5O3S/c27-16-22-20(15-25(32)31-24-7-2-1-6-23(24)28-26(22)31)17-29-10-12-30(13-11-29)35(33,34)21-9-8-18-4-3-5-19(18)14-21/h1-2,6-9,14-15,22H,3-5,10-13,17H2. The van der Waals surface area contributed by atoms with Crippen LogP contribution in [0.2, 0.25) is 0 Å². The van der Waals surface area contributed by atoms with Crippen LogP contribution in [0.25, 0.3) is 11.0 Å². The number of piperazine rings is 1. The van der Waals surface area contributed by atoms with Gasteiger partial charge < -0.3 is 0 Å². The van der Waals surface area contributed by atoms with E-state index in [4.69, 9.17) is 0 Å². The van der Waals surface area contributed by atoms with E-state index >= 15 is 0 Å². The van der Waals surface area contributed by atoms with Crippen LogP contribution in [0.15, 0.2) is 59.0 Å². The van der Waals surface area contributed by atoms with E-state index in [1.54, 1.807) is 16.4 Å². The lowest BCUT2D eigenvalue weighted by Gasteiger charge is -2.35. The zero-order valence-corrected chi connectivity index (χ0v) is 20.0. The molecule has 1 saturated heterocycles. The first-order valence-corrected chi connectivity index (χ1v) is 13.4. The number of fused-ring (bicyclic) bond motifs is 4. The molecule has 0 N–H and O–H groups in total. The van der Waals surface area contributed by atoms with Crippen molar-refractivity contribution in [2.24, 2.45) is 0 Å². The molecule has 2 aromatic carbocycles. The largest absolute Gasteiger partial charge is 0.297 e. The molecular weight excluding hydrogens is 462 g/mol. The molecule has 3 aromatic rings. The number of aromatic nitrogens is 2. The predicted molar refractivity (Wildman–Crippen MR) is 130 cm³/mol. The first-order valence-electron chi connectivity index (χ1n) is 11.9. The number of imidazole rings is 1. The number of carbonyl (C=O) groups excluding carboxylic acids is 1. The monoisotopic (exact) mass is 487 g/mol. The summed E-state index contributed by atoms with van der Waals surface area (Å²) < 4.78 is 29.6. The maximum atomic E-state index is 13.2. The molecule has 1 aliphatic carbocycles. The first kappa shape index (κ1) is 22.2. The molecule has 6 rings (SSSR count). The Morgan fingerprint density at radius 2 is 1.80 bits per heavy atom. The summed E-state index contributed by atoms with van der Waals surface area (Å²) in [6.07, 6.45) is 4.58. The van der Waals surface area contributed by atoms with Crippen LogP contribution in [0.5, 0.6) is 0 Å². The van der Waals surface area contributed by atoms with Gasteiger partial charge in [-0.25, -0.2) is 13.4 Å². The highest BCUT2D eigenvalue weighted by atomic mass is 32.2. The fourth-order valence-corrected chi connectivity index (χ4v) is 6.94. The average Bonchev–Trinajstić information content (AvgIpc) is 3.49. The van der Waals surface area contributed by atoms with Gasteiger partial charge in [0, 0.05) is 38.8 Å². The van der Waals surface area contributed by atoms with Crippen LogP contribution >= 0.6 is 0 Å². The quantitative estimate of drug-likeness (QED) is 0.561. The molecule has 178 valence electrons. The number of allylic oxidation sites excluding steroid dienone is 1. The Morgan fingerprint density at radius 1 is 1.03 bits per heavy atom. The van der Waals surface area contributed by atoms with Crippen LogP contribution in [0.3, 0.4) is 0 Å².